The van der Waals surface area contributed by atoms with E-state index in [0.717, 1.165) is 0 Å². The highest BCUT2D eigenvalue weighted by atomic mass is 35.5. The van der Waals surface area contributed by atoms with E-state index in [9.17, 15) is 14.4 Å². The zero-order chi connectivity index (χ0) is 21.2. The van der Waals surface area contributed by atoms with Crippen LogP contribution < -0.4 is 20.9 Å². The maximum Gasteiger partial charge on any atom is 0.338 e. The summed E-state index contributed by atoms with van der Waals surface area (Å²) in [4.78, 5) is 35.4. The Labute approximate surface area is 177 Å². The molecule has 0 aliphatic rings. The van der Waals surface area contributed by atoms with Crippen molar-refractivity contribution in [2.75, 3.05) is 13.2 Å². The molecule has 0 atom stereocenters. The Hall–Kier alpha value is -3.17. The number of carbonyl (C=O) groups is 3. The van der Waals surface area contributed by atoms with Crippen LogP contribution in [0.3, 0.4) is 0 Å². The van der Waals surface area contributed by atoms with E-state index in [-0.39, 0.29) is 18.3 Å². The number of hydrogen-bond acceptors (Lipinski definition) is 6. The molecule has 29 heavy (non-hydrogen) atoms. The van der Waals surface area contributed by atoms with Crippen molar-refractivity contribution in [3.8, 4) is 5.75 Å². The molecule has 0 unspecified atom stereocenters. The summed E-state index contributed by atoms with van der Waals surface area (Å²) < 4.78 is 10.2. The molecule has 2 aromatic rings. The summed E-state index contributed by atoms with van der Waals surface area (Å²) in [5, 5.41) is 2.83. The lowest BCUT2D eigenvalue weighted by Crippen LogP contribution is -2.49. The van der Waals surface area contributed by atoms with Gasteiger partial charge >= 0.3 is 5.97 Å². The van der Waals surface area contributed by atoms with Gasteiger partial charge in [0.25, 0.3) is 11.8 Å². The molecule has 0 heterocycles. The molecule has 0 saturated heterocycles. The quantitative estimate of drug-likeness (QED) is 0.363. The van der Waals surface area contributed by atoms with Crippen LogP contribution in [0.15, 0.2) is 48.5 Å². The van der Waals surface area contributed by atoms with Gasteiger partial charge in [0, 0.05) is 10.6 Å². The molecule has 0 saturated carbocycles. The van der Waals surface area contributed by atoms with Crippen LogP contribution >= 0.6 is 23.8 Å². The molecule has 0 bridgehead atoms. The van der Waals surface area contributed by atoms with Crippen molar-refractivity contribution in [1.82, 2.24) is 16.2 Å². The Bertz CT molecular complexity index is 888. The molecule has 2 rings (SSSR count). The van der Waals surface area contributed by atoms with Gasteiger partial charge in [0.1, 0.15) is 5.75 Å². The molecule has 0 fully saturated rings. The number of halogens is 1. The second-order valence-corrected chi connectivity index (χ2v) is 6.34. The summed E-state index contributed by atoms with van der Waals surface area (Å²) in [6, 6.07) is 12.4. The van der Waals surface area contributed by atoms with E-state index >= 15 is 0 Å². The van der Waals surface area contributed by atoms with Gasteiger partial charge in [-0.05, 0) is 67.7 Å². The molecular weight excluding hydrogens is 418 g/mol. The first kappa shape index (κ1) is 22.1. The molecular formula is C19H18ClN3O5S. The molecule has 0 radical (unpaired) electrons. The maximum absolute atomic E-state index is 12.0. The van der Waals surface area contributed by atoms with Crippen molar-refractivity contribution in [2.24, 2.45) is 0 Å². The highest BCUT2D eigenvalue weighted by Gasteiger charge is 2.10. The summed E-state index contributed by atoms with van der Waals surface area (Å²) in [5.74, 6) is -1.02. The van der Waals surface area contributed by atoms with Gasteiger partial charge in [-0.25, -0.2) is 4.79 Å². The van der Waals surface area contributed by atoms with Crippen LogP contribution in [0, 0.1) is 0 Å². The number of thiocarbonyl (C=S) groups is 1. The third kappa shape index (κ3) is 7.40. The van der Waals surface area contributed by atoms with E-state index in [0.29, 0.717) is 21.9 Å². The molecule has 2 aromatic carbocycles. The number of hydrogen-bond donors (Lipinski definition) is 3. The van der Waals surface area contributed by atoms with Crippen LogP contribution in [0.4, 0.5) is 0 Å². The van der Waals surface area contributed by atoms with Crippen molar-refractivity contribution >= 4 is 46.7 Å². The van der Waals surface area contributed by atoms with Crippen molar-refractivity contribution in [3.63, 3.8) is 0 Å². The summed E-state index contributed by atoms with van der Waals surface area (Å²) in [5.41, 5.74) is 5.44. The maximum atomic E-state index is 12.0. The standard InChI is InChI=1S/C19H18ClN3O5S/c1-2-27-18(26)13-5-9-15(10-6-13)28-11-16(24)22-23-19(29)21-17(25)12-3-7-14(20)8-4-12/h3-10H,2,11H2,1H3,(H,22,24)(H2,21,23,25,29). The smallest absolute Gasteiger partial charge is 0.338 e. The summed E-state index contributed by atoms with van der Waals surface area (Å²) >= 11 is 10.7. The second-order valence-electron chi connectivity index (χ2n) is 5.50. The van der Waals surface area contributed by atoms with Gasteiger partial charge < -0.3 is 9.47 Å². The topological polar surface area (TPSA) is 106 Å². The van der Waals surface area contributed by atoms with Crippen LogP contribution in [0.2, 0.25) is 5.02 Å². The Morgan fingerprint density at radius 1 is 0.966 bits per heavy atom. The van der Waals surface area contributed by atoms with Crippen molar-refractivity contribution in [3.05, 3.63) is 64.7 Å². The van der Waals surface area contributed by atoms with Crippen molar-refractivity contribution < 1.29 is 23.9 Å². The number of hydrazine groups is 1. The molecule has 0 aromatic heterocycles. The highest BCUT2D eigenvalue weighted by molar-refractivity contribution is 7.80. The van der Waals surface area contributed by atoms with Gasteiger partial charge in [-0.1, -0.05) is 11.6 Å². The fourth-order valence-corrected chi connectivity index (χ4v) is 2.29. The third-order valence-corrected chi connectivity index (χ3v) is 3.84. The van der Waals surface area contributed by atoms with Crippen LogP contribution in [-0.2, 0) is 9.53 Å². The van der Waals surface area contributed by atoms with Gasteiger partial charge in [-0.15, -0.1) is 0 Å². The van der Waals surface area contributed by atoms with Gasteiger partial charge in [0.2, 0.25) is 0 Å². The normalized spacial score (nSPS) is 9.86. The van der Waals surface area contributed by atoms with E-state index in [1.54, 1.807) is 43.3 Å². The van der Waals surface area contributed by atoms with Gasteiger partial charge in [-0.2, -0.15) is 0 Å². The predicted molar refractivity (Wildman–Crippen MR) is 111 cm³/mol. The number of ether oxygens (including phenoxy) is 2. The molecule has 10 heteroatoms. The highest BCUT2D eigenvalue weighted by Crippen LogP contribution is 2.13. The third-order valence-electron chi connectivity index (χ3n) is 3.38. The lowest BCUT2D eigenvalue weighted by atomic mass is 10.2. The van der Waals surface area contributed by atoms with Crippen molar-refractivity contribution in [1.29, 1.82) is 0 Å². The zero-order valence-electron chi connectivity index (χ0n) is 15.4. The Morgan fingerprint density at radius 3 is 2.21 bits per heavy atom. The Kier molecular flexibility index (Phi) is 8.38. The minimum absolute atomic E-state index is 0.0860. The molecule has 0 aliphatic carbocycles. The van der Waals surface area contributed by atoms with E-state index in [1.807, 2.05) is 0 Å². The number of carbonyl (C=O) groups excluding carboxylic acids is 3. The first-order chi connectivity index (χ1) is 13.9. The molecule has 0 spiro atoms. The molecule has 0 aliphatic heterocycles. The summed E-state index contributed by atoms with van der Waals surface area (Å²) in [7, 11) is 0. The minimum Gasteiger partial charge on any atom is -0.484 e. The van der Waals surface area contributed by atoms with E-state index in [1.165, 1.54) is 12.1 Å². The summed E-state index contributed by atoms with van der Waals surface area (Å²) in [6.07, 6.45) is 0. The predicted octanol–water partition coefficient (Wildman–Crippen LogP) is 2.23. The number of rotatable bonds is 6. The van der Waals surface area contributed by atoms with Crippen LogP contribution in [0.25, 0.3) is 0 Å². The minimum atomic E-state index is -0.525. The fourth-order valence-electron chi connectivity index (χ4n) is 2.02. The molecule has 8 nitrogen and oxygen atoms in total. The largest absolute Gasteiger partial charge is 0.484 e. The molecule has 3 N–H and O–H groups in total. The Morgan fingerprint density at radius 2 is 1.59 bits per heavy atom. The van der Waals surface area contributed by atoms with Gasteiger partial charge in [0.15, 0.2) is 11.7 Å². The van der Waals surface area contributed by atoms with Gasteiger partial charge in [0.05, 0.1) is 12.2 Å². The first-order valence-corrected chi connectivity index (χ1v) is 9.23. The lowest BCUT2D eigenvalue weighted by molar-refractivity contribution is -0.123. The van der Waals surface area contributed by atoms with Crippen molar-refractivity contribution in [2.45, 2.75) is 6.92 Å². The van der Waals surface area contributed by atoms with Crippen LogP contribution in [0.1, 0.15) is 27.6 Å². The number of nitrogens with one attached hydrogen (secondary N) is 3. The monoisotopic (exact) mass is 435 g/mol. The zero-order valence-corrected chi connectivity index (χ0v) is 16.9. The molecule has 152 valence electrons. The fraction of sp³-hybridized carbons (Fsp3) is 0.158. The second kappa shape index (κ2) is 11.0. The first-order valence-electron chi connectivity index (χ1n) is 8.44. The Balaban J connectivity index is 1.72. The number of esters is 1. The lowest BCUT2D eigenvalue weighted by Gasteiger charge is -2.11. The summed E-state index contributed by atoms with van der Waals surface area (Å²) in [6.45, 7) is 1.70. The average molecular weight is 436 g/mol. The van der Waals surface area contributed by atoms with E-state index < -0.39 is 17.8 Å². The van der Waals surface area contributed by atoms with Gasteiger partial charge in [-0.3, -0.25) is 25.8 Å². The average Bonchev–Trinajstić information content (AvgIpc) is 2.71. The number of amides is 2. The van der Waals surface area contributed by atoms with Crippen LogP contribution in [0.5, 0.6) is 5.75 Å². The number of benzene rings is 2. The van der Waals surface area contributed by atoms with Crippen LogP contribution in [-0.4, -0.2) is 36.1 Å². The molecule has 2 amide bonds. The van der Waals surface area contributed by atoms with E-state index in [4.69, 9.17) is 33.3 Å². The SMILES string of the molecule is CCOC(=O)c1ccc(OCC(=O)NNC(=S)NC(=O)c2ccc(Cl)cc2)cc1. The van der Waals surface area contributed by atoms with E-state index in [2.05, 4.69) is 16.2 Å².